The zero-order valence-corrected chi connectivity index (χ0v) is 46.7. The van der Waals surface area contributed by atoms with E-state index >= 15 is 0 Å². The molecule has 0 heterocycles. The highest BCUT2D eigenvalue weighted by atomic mass is 16.5. The summed E-state index contributed by atoms with van der Waals surface area (Å²) in [5.41, 5.74) is 0. The second-order valence-corrected chi connectivity index (χ2v) is 21.0. The second kappa shape index (κ2) is 59.4. The molecule has 0 saturated carbocycles. The minimum atomic E-state index is -0.865. The van der Waals surface area contributed by atoms with E-state index < -0.39 is 12.1 Å². The van der Waals surface area contributed by atoms with Gasteiger partial charge in [-0.25, -0.2) is 0 Å². The van der Waals surface area contributed by atoms with Gasteiger partial charge in [-0.15, -0.1) is 0 Å². The molecule has 0 rings (SSSR count). The van der Waals surface area contributed by atoms with Gasteiger partial charge in [-0.3, -0.25) is 9.59 Å². The first-order valence-corrected chi connectivity index (χ1v) is 30.9. The third kappa shape index (κ3) is 55.1. The second-order valence-electron chi connectivity index (χ2n) is 21.0. The van der Waals surface area contributed by atoms with E-state index in [1.807, 2.05) is 6.08 Å². The lowest BCUT2D eigenvalue weighted by molar-refractivity contribution is -0.143. The molecule has 0 radical (unpaired) electrons. The van der Waals surface area contributed by atoms with Gasteiger partial charge in [0.15, 0.2) is 0 Å². The number of hydrogen-bond donors (Lipinski definition) is 3. The summed E-state index contributed by atoms with van der Waals surface area (Å²) in [7, 11) is 0. The molecule has 0 bridgehead atoms. The highest BCUT2D eigenvalue weighted by Crippen LogP contribution is 2.17. The molecule has 6 nitrogen and oxygen atoms in total. The Kier molecular flexibility index (Phi) is 57.5. The molecule has 2 unspecified atom stereocenters. The number of unbranched alkanes of at least 4 members (excludes halogenated alkanes) is 40. The molecule has 0 aromatic carbocycles. The Morgan fingerprint density at radius 1 is 0.400 bits per heavy atom. The van der Waals surface area contributed by atoms with Gasteiger partial charge in [-0.2, -0.15) is 0 Å². The summed E-state index contributed by atoms with van der Waals surface area (Å²) < 4.78 is 5.46. The van der Waals surface area contributed by atoms with Crippen LogP contribution in [-0.4, -0.2) is 47.4 Å². The van der Waals surface area contributed by atoms with Crippen molar-refractivity contribution in [1.82, 2.24) is 5.32 Å². The van der Waals surface area contributed by atoms with Crippen molar-refractivity contribution >= 4 is 11.9 Å². The average molecular weight is 983 g/mol. The Bertz CT molecular complexity index is 1180. The molecule has 0 aliphatic heterocycles. The zero-order chi connectivity index (χ0) is 50.7. The van der Waals surface area contributed by atoms with Crippen molar-refractivity contribution in [3.05, 3.63) is 48.6 Å². The largest absolute Gasteiger partial charge is 0.466 e. The lowest BCUT2D eigenvalue weighted by atomic mass is 10.0. The van der Waals surface area contributed by atoms with E-state index in [-0.39, 0.29) is 18.5 Å². The zero-order valence-electron chi connectivity index (χ0n) is 46.7. The Morgan fingerprint density at radius 2 is 0.714 bits per heavy atom. The molecule has 2 atom stereocenters. The lowest BCUT2D eigenvalue weighted by Crippen LogP contribution is -2.45. The van der Waals surface area contributed by atoms with E-state index in [2.05, 4.69) is 55.6 Å². The van der Waals surface area contributed by atoms with Crippen molar-refractivity contribution in [2.24, 2.45) is 0 Å². The molecule has 6 heteroatoms. The maximum atomic E-state index is 12.5. The summed E-state index contributed by atoms with van der Waals surface area (Å²) in [4.78, 5) is 24.6. The van der Waals surface area contributed by atoms with Crippen molar-refractivity contribution in [3.63, 3.8) is 0 Å². The number of aliphatic hydroxyl groups excluding tert-OH is 2. The standard InChI is InChI=1S/C64H119NO5/c1-3-5-7-9-11-13-15-17-19-21-23-24-25-26-28-29-31-33-36-40-44-48-52-56-62(67)61(60-66)65-63(68)57-53-49-45-41-37-35-39-43-47-51-55-59-70-64(69)58-54-50-46-42-38-34-32-30-27-22-20-18-16-14-12-10-8-6-4-2/h12,14,18,20,39,43,52,56,61-62,66-67H,3-11,13,15-17,19,21-38,40-42,44-51,53-55,57-60H2,1-2H3,(H,65,68)/b14-12-,20-18-,43-39-,56-52+. The maximum absolute atomic E-state index is 12.5. The average Bonchev–Trinajstić information content (AvgIpc) is 3.36. The number of carbonyl (C=O) groups excluding carboxylic acids is 2. The lowest BCUT2D eigenvalue weighted by Gasteiger charge is -2.20. The topological polar surface area (TPSA) is 95.9 Å². The van der Waals surface area contributed by atoms with Gasteiger partial charge >= 0.3 is 5.97 Å². The molecular formula is C64H119NO5. The summed E-state index contributed by atoms with van der Waals surface area (Å²) in [6.45, 7) is 4.82. The number of rotatable bonds is 57. The molecule has 0 aliphatic rings. The fraction of sp³-hybridized carbons (Fsp3) is 0.844. The van der Waals surface area contributed by atoms with Gasteiger partial charge in [-0.05, 0) is 89.9 Å². The number of carbonyl (C=O) groups is 2. The minimum Gasteiger partial charge on any atom is -0.466 e. The molecule has 410 valence electrons. The highest BCUT2D eigenvalue weighted by molar-refractivity contribution is 5.76. The number of aliphatic hydroxyl groups is 2. The summed E-state index contributed by atoms with van der Waals surface area (Å²) in [6.07, 6.45) is 75.7. The maximum Gasteiger partial charge on any atom is 0.305 e. The third-order valence-corrected chi connectivity index (χ3v) is 14.1. The molecule has 70 heavy (non-hydrogen) atoms. The Hall–Kier alpha value is -2.18. The Balaban J connectivity index is 3.53. The van der Waals surface area contributed by atoms with E-state index in [4.69, 9.17) is 4.74 Å². The Labute approximate surface area is 436 Å². The smallest absolute Gasteiger partial charge is 0.305 e. The molecule has 0 saturated heterocycles. The van der Waals surface area contributed by atoms with Crippen molar-refractivity contribution in [2.45, 2.75) is 334 Å². The predicted molar refractivity (Wildman–Crippen MR) is 306 cm³/mol. The van der Waals surface area contributed by atoms with Crippen LogP contribution in [0.4, 0.5) is 0 Å². The van der Waals surface area contributed by atoms with Gasteiger partial charge in [0, 0.05) is 12.8 Å². The summed E-state index contributed by atoms with van der Waals surface area (Å²) in [5, 5.41) is 23.2. The van der Waals surface area contributed by atoms with Crippen LogP contribution in [0.15, 0.2) is 48.6 Å². The van der Waals surface area contributed by atoms with E-state index in [1.165, 1.54) is 205 Å². The van der Waals surface area contributed by atoms with Gasteiger partial charge < -0.3 is 20.3 Å². The number of hydrogen-bond acceptors (Lipinski definition) is 5. The first kappa shape index (κ1) is 67.8. The number of ether oxygens (including phenoxy) is 1. The highest BCUT2D eigenvalue weighted by Gasteiger charge is 2.18. The first-order valence-electron chi connectivity index (χ1n) is 30.9. The van der Waals surface area contributed by atoms with Gasteiger partial charge in [0.2, 0.25) is 5.91 Å². The molecule has 0 fully saturated rings. The van der Waals surface area contributed by atoms with Crippen molar-refractivity contribution in [2.75, 3.05) is 13.2 Å². The van der Waals surface area contributed by atoms with Crippen LogP contribution in [0.5, 0.6) is 0 Å². The third-order valence-electron chi connectivity index (χ3n) is 14.1. The molecule has 0 aromatic rings. The summed E-state index contributed by atoms with van der Waals surface area (Å²) in [5.74, 6) is -0.132. The van der Waals surface area contributed by atoms with E-state index in [0.29, 0.717) is 19.4 Å². The Morgan fingerprint density at radius 3 is 1.13 bits per heavy atom. The molecule has 0 aromatic heterocycles. The minimum absolute atomic E-state index is 0.0365. The first-order chi connectivity index (χ1) is 34.5. The molecule has 3 N–H and O–H groups in total. The summed E-state index contributed by atoms with van der Waals surface area (Å²) in [6, 6.07) is -0.652. The van der Waals surface area contributed by atoms with Gasteiger partial charge in [0.1, 0.15) is 0 Å². The molecule has 0 spiro atoms. The van der Waals surface area contributed by atoms with E-state index in [0.717, 1.165) is 89.9 Å². The molecule has 0 aliphatic carbocycles. The van der Waals surface area contributed by atoms with Crippen LogP contribution in [0.2, 0.25) is 0 Å². The van der Waals surface area contributed by atoms with Crippen LogP contribution in [0, 0.1) is 0 Å². The molecule has 1 amide bonds. The number of nitrogens with one attached hydrogen (secondary N) is 1. The predicted octanol–water partition coefficient (Wildman–Crippen LogP) is 19.4. The van der Waals surface area contributed by atoms with E-state index in [1.54, 1.807) is 6.08 Å². The van der Waals surface area contributed by atoms with Crippen LogP contribution in [0.1, 0.15) is 322 Å². The van der Waals surface area contributed by atoms with Crippen molar-refractivity contribution < 1.29 is 24.5 Å². The van der Waals surface area contributed by atoms with Gasteiger partial charge in [0.05, 0.1) is 25.4 Å². The molecular weight excluding hydrogens is 863 g/mol. The van der Waals surface area contributed by atoms with Crippen molar-refractivity contribution in [1.29, 1.82) is 0 Å². The summed E-state index contributed by atoms with van der Waals surface area (Å²) >= 11 is 0. The fourth-order valence-corrected chi connectivity index (χ4v) is 9.31. The number of amides is 1. The number of allylic oxidation sites excluding steroid dienone is 7. The van der Waals surface area contributed by atoms with Gasteiger partial charge in [0.25, 0.3) is 0 Å². The van der Waals surface area contributed by atoms with Crippen LogP contribution in [0.25, 0.3) is 0 Å². The quantitative estimate of drug-likeness (QED) is 0.0321. The van der Waals surface area contributed by atoms with Crippen LogP contribution < -0.4 is 5.32 Å². The van der Waals surface area contributed by atoms with Crippen LogP contribution >= 0.6 is 0 Å². The van der Waals surface area contributed by atoms with Gasteiger partial charge in [-0.1, -0.05) is 268 Å². The number of esters is 1. The fourth-order valence-electron chi connectivity index (χ4n) is 9.31. The van der Waals surface area contributed by atoms with Crippen molar-refractivity contribution in [3.8, 4) is 0 Å². The van der Waals surface area contributed by atoms with Crippen LogP contribution in [0.3, 0.4) is 0 Å². The SMILES string of the molecule is CCCCC/C=C\C/C=C\CCCCCCCCCCCC(=O)OCCCC/C=C\CCCCCCCC(=O)NC(CO)C(O)/C=C/CCCCCCCCCCCCCCCCCCCCCCC. The normalized spacial score (nSPS) is 12.9. The van der Waals surface area contributed by atoms with E-state index in [9.17, 15) is 19.8 Å². The van der Waals surface area contributed by atoms with Crippen LogP contribution in [-0.2, 0) is 14.3 Å². The monoisotopic (exact) mass is 982 g/mol.